The Labute approximate surface area is 67.4 Å². The van der Waals surface area contributed by atoms with Crippen molar-refractivity contribution in [3.63, 3.8) is 0 Å². The topological polar surface area (TPSA) is 60.2 Å². The van der Waals surface area contributed by atoms with Crippen molar-refractivity contribution in [2.45, 2.75) is 11.7 Å². The van der Waals surface area contributed by atoms with E-state index >= 15 is 0 Å². The van der Waals surface area contributed by atoms with Crippen molar-refractivity contribution in [2.75, 3.05) is 0 Å². The lowest BCUT2D eigenvalue weighted by Crippen LogP contribution is -2.27. The average Bonchev–Trinajstić information content (AvgIpc) is 1.86. The molecule has 1 unspecified atom stereocenters. The van der Waals surface area contributed by atoms with E-state index in [1.165, 1.54) is 6.08 Å². The number of hydrogen-bond donors (Lipinski definition) is 1. The van der Waals surface area contributed by atoms with Crippen molar-refractivity contribution in [1.29, 1.82) is 0 Å². The lowest BCUT2D eigenvalue weighted by molar-refractivity contribution is 0.590. The molecular weight excluding hydrogens is 161 g/mol. The van der Waals surface area contributed by atoms with Crippen molar-refractivity contribution in [3.8, 4) is 0 Å². The van der Waals surface area contributed by atoms with Gasteiger partial charge in [0.05, 0.1) is 5.25 Å². The first-order valence-corrected chi connectivity index (χ1v) is 4.76. The molecule has 5 heteroatoms. The van der Waals surface area contributed by atoms with Gasteiger partial charge in [-0.25, -0.2) is 13.6 Å². The second-order valence-corrected chi connectivity index (χ2v) is 4.21. The van der Waals surface area contributed by atoms with Gasteiger partial charge >= 0.3 is 0 Å². The molecule has 0 aliphatic heterocycles. The summed E-state index contributed by atoms with van der Waals surface area (Å²) in [6.07, 6.45) is 5.08. The minimum atomic E-state index is -3.44. The molecule has 3 nitrogen and oxygen atoms in total. The Morgan fingerprint density at radius 3 is 2.64 bits per heavy atom. The van der Waals surface area contributed by atoms with E-state index < -0.39 is 15.3 Å². The molecule has 1 aliphatic rings. The Kier molecular flexibility index (Phi) is 2.20. The second-order valence-electron chi connectivity index (χ2n) is 2.43. The molecule has 0 fully saturated rings. The number of sulfonamides is 1. The molecule has 58 valence electrons. The van der Waals surface area contributed by atoms with Gasteiger partial charge in [-0.1, -0.05) is 18.2 Å². The summed E-state index contributed by atoms with van der Waals surface area (Å²) in [5.74, 6) is 0. The van der Waals surface area contributed by atoms with Crippen LogP contribution in [0.15, 0.2) is 23.7 Å². The maximum absolute atomic E-state index is 10.7. The van der Waals surface area contributed by atoms with Gasteiger partial charge < -0.3 is 0 Å². The van der Waals surface area contributed by atoms with E-state index in [9.17, 15) is 8.42 Å². The Bertz CT molecular complexity index is 305. The second kappa shape index (κ2) is 2.83. The highest BCUT2D eigenvalue weighted by Gasteiger charge is 2.18. The standard InChI is InChI=1S/C6H8BNO2S/c7-5-1-3-6(4-2-5)11(8,9)10/h1-3,6H,4H2,(H2,8,9,10). The van der Waals surface area contributed by atoms with Gasteiger partial charge in [0.25, 0.3) is 0 Å². The van der Waals surface area contributed by atoms with Gasteiger partial charge in [0.2, 0.25) is 10.0 Å². The van der Waals surface area contributed by atoms with E-state index in [2.05, 4.69) is 0 Å². The van der Waals surface area contributed by atoms with Crippen LogP contribution in [0.1, 0.15) is 6.42 Å². The van der Waals surface area contributed by atoms with Gasteiger partial charge in [-0.3, -0.25) is 0 Å². The quantitative estimate of drug-likeness (QED) is 0.545. The van der Waals surface area contributed by atoms with Gasteiger partial charge in [-0.2, -0.15) is 0 Å². The van der Waals surface area contributed by atoms with Crippen molar-refractivity contribution in [1.82, 2.24) is 0 Å². The Morgan fingerprint density at radius 1 is 1.64 bits per heavy atom. The fourth-order valence-electron chi connectivity index (χ4n) is 0.861. The van der Waals surface area contributed by atoms with E-state index in [0.717, 1.165) is 0 Å². The molecule has 0 heterocycles. The number of nitrogens with two attached hydrogens (primary N) is 1. The number of allylic oxidation sites excluding steroid dienone is 3. The minimum absolute atomic E-state index is 0.376. The van der Waals surface area contributed by atoms with Crippen LogP contribution in [-0.4, -0.2) is 21.5 Å². The largest absolute Gasteiger partial charge is 0.228 e. The Balaban J connectivity index is 2.79. The summed E-state index contributed by atoms with van der Waals surface area (Å²) < 4.78 is 21.5. The molecule has 0 saturated carbocycles. The first kappa shape index (κ1) is 8.55. The smallest absolute Gasteiger partial charge is 0.215 e. The van der Waals surface area contributed by atoms with Gasteiger partial charge in [-0.15, -0.1) is 5.47 Å². The molecule has 11 heavy (non-hydrogen) atoms. The van der Waals surface area contributed by atoms with Crippen LogP contribution in [-0.2, 0) is 10.0 Å². The number of rotatable bonds is 1. The Morgan fingerprint density at radius 2 is 2.27 bits per heavy atom. The van der Waals surface area contributed by atoms with E-state index in [4.69, 9.17) is 13.0 Å². The molecule has 2 radical (unpaired) electrons. The zero-order valence-corrected chi connectivity index (χ0v) is 6.71. The van der Waals surface area contributed by atoms with Crippen LogP contribution in [0.5, 0.6) is 0 Å². The van der Waals surface area contributed by atoms with Crippen LogP contribution in [0.2, 0.25) is 0 Å². The molecule has 0 amide bonds. The molecule has 1 aliphatic carbocycles. The monoisotopic (exact) mass is 169 g/mol. The predicted molar refractivity (Wildman–Crippen MR) is 44.5 cm³/mol. The fourth-order valence-corrected chi connectivity index (χ4v) is 1.52. The summed E-state index contributed by atoms with van der Waals surface area (Å²) >= 11 is 0. The highest BCUT2D eigenvalue weighted by atomic mass is 32.2. The molecule has 0 aromatic heterocycles. The summed E-state index contributed by atoms with van der Waals surface area (Å²) in [6.45, 7) is 0. The van der Waals surface area contributed by atoms with Crippen LogP contribution < -0.4 is 5.14 Å². The zero-order chi connectivity index (χ0) is 8.48. The van der Waals surface area contributed by atoms with Crippen molar-refractivity contribution in [2.24, 2.45) is 5.14 Å². The van der Waals surface area contributed by atoms with Gasteiger partial charge in [0.15, 0.2) is 0 Å². The molecule has 2 N–H and O–H groups in total. The molecule has 0 bridgehead atoms. The highest BCUT2D eigenvalue weighted by Crippen LogP contribution is 2.12. The molecular formula is C6H8BNO2S. The summed E-state index contributed by atoms with van der Waals surface area (Å²) in [7, 11) is 1.94. The van der Waals surface area contributed by atoms with E-state index in [1.54, 1.807) is 12.2 Å². The van der Waals surface area contributed by atoms with Crippen molar-refractivity contribution < 1.29 is 8.42 Å². The third kappa shape index (κ3) is 2.20. The summed E-state index contributed by atoms with van der Waals surface area (Å²) in [6, 6.07) is 0. The zero-order valence-electron chi connectivity index (χ0n) is 5.90. The average molecular weight is 169 g/mol. The fraction of sp³-hybridized carbons (Fsp3) is 0.333. The maximum atomic E-state index is 10.7. The first-order chi connectivity index (χ1) is 5.00. The normalized spacial score (nSPS) is 24.8. The van der Waals surface area contributed by atoms with Gasteiger partial charge in [-0.05, 0) is 6.42 Å². The molecule has 0 spiro atoms. The number of hydrogen-bond acceptors (Lipinski definition) is 2. The van der Waals surface area contributed by atoms with Crippen molar-refractivity contribution in [3.05, 3.63) is 23.7 Å². The predicted octanol–water partition coefficient (Wildman–Crippen LogP) is -0.344. The summed E-state index contributed by atoms with van der Waals surface area (Å²) in [5, 5.41) is 4.30. The third-order valence-corrected chi connectivity index (χ3v) is 2.70. The lowest BCUT2D eigenvalue weighted by atomic mass is 9.91. The molecule has 1 rings (SSSR count). The van der Waals surface area contributed by atoms with Crippen molar-refractivity contribution >= 4 is 17.9 Å². The van der Waals surface area contributed by atoms with Crippen LogP contribution in [0, 0.1) is 0 Å². The summed E-state index contributed by atoms with van der Waals surface area (Å²) in [5.41, 5.74) is 0.588. The first-order valence-electron chi connectivity index (χ1n) is 3.15. The maximum Gasteiger partial charge on any atom is 0.215 e. The van der Waals surface area contributed by atoms with Gasteiger partial charge in [0, 0.05) is 0 Å². The SMILES string of the molecule is [B]C1=CCC(S(N)(=O)=O)C=C1. The highest BCUT2D eigenvalue weighted by molar-refractivity contribution is 7.89. The molecule has 1 atom stereocenters. The third-order valence-electron chi connectivity index (χ3n) is 1.51. The number of primary sulfonamides is 1. The van der Waals surface area contributed by atoms with Crippen LogP contribution >= 0.6 is 0 Å². The van der Waals surface area contributed by atoms with E-state index in [-0.39, 0.29) is 0 Å². The van der Waals surface area contributed by atoms with Crippen LogP contribution in [0.3, 0.4) is 0 Å². The molecule has 0 aromatic rings. The van der Waals surface area contributed by atoms with E-state index in [1.807, 2.05) is 0 Å². The Hall–Kier alpha value is -0.545. The lowest BCUT2D eigenvalue weighted by Gasteiger charge is -2.11. The summed E-state index contributed by atoms with van der Waals surface area (Å²) in [4.78, 5) is 0. The van der Waals surface area contributed by atoms with E-state index in [0.29, 0.717) is 11.9 Å². The molecule has 0 aromatic carbocycles. The van der Waals surface area contributed by atoms with Crippen LogP contribution in [0.4, 0.5) is 0 Å². The minimum Gasteiger partial charge on any atom is -0.228 e. The van der Waals surface area contributed by atoms with Crippen LogP contribution in [0.25, 0.3) is 0 Å². The van der Waals surface area contributed by atoms with Gasteiger partial charge in [0.1, 0.15) is 7.85 Å². The molecule has 0 saturated heterocycles.